The van der Waals surface area contributed by atoms with E-state index in [0.717, 1.165) is 12.8 Å². The maximum atomic E-state index is 11.1. The molecular weight excluding hydrogens is 160 g/mol. The number of Topliss-reactive ketones (excluding diaryl/α,β-unsaturated/α-hetero) is 1. The predicted octanol–water partition coefficient (Wildman–Crippen LogP) is 3.70. The fraction of sp³-hybridized carbons (Fsp3) is 0.667. The molecule has 0 aromatic carbocycles. The minimum absolute atomic E-state index is 0.107. The molecule has 0 unspecified atom stereocenters. The van der Waals surface area contributed by atoms with Gasteiger partial charge in [0.1, 0.15) is 0 Å². The Morgan fingerprint density at radius 2 is 1.85 bits per heavy atom. The van der Waals surface area contributed by atoms with Gasteiger partial charge < -0.3 is 0 Å². The number of ketones is 1. The first-order valence-electron chi connectivity index (χ1n) is 5.21. The number of carbonyl (C=O) groups excluding carboxylic acids is 1. The van der Waals surface area contributed by atoms with Crippen molar-refractivity contribution < 1.29 is 4.79 Å². The van der Waals surface area contributed by atoms with E-state index in [2.05, 4.69) is 13.5 Å². The lowest BCUT2D eigenvalue weighted by molar-refractivity contribution is -0.112. The molecule has 0 spiro atoms. The maximum absolute atomic E-state index is 11.1. The average Bonchev–Trinajstić information content (AvgIpc) is 2.10. The largest absolute Gasteiger partial charge is 0.294 e. The number of allylic oxidation sites excluding steroid dienone is 1. The zero-order valence-corrected chi connectivity index (χ0v) is 8.94. The van der Waals surface area contributed by atoms with E-state index in [1.807, 2.05) is 0 Å². The summed E-state index contributed by atoms with van der Waals surface area (Å²) in [6.07, 6.45) is 8.94. The van der Waals surface area contributed by atoms with Crippen LogP contribution in [-0.2, 0) is 4.79 Å². The van der Waals surface area contributed by atoms with Crippen molar-refractivity contribution in [2.45, 2.75) is 52.4 Å². The van der Waals surface area contributed by atoms with Crippen LogP contribution < -0.4 is 0 Å². The summed E-state index contributed by atoms with van der Waals surface area (Å²) in [6, 6.07) is 0. The average molecular weight is 181 g/mol. The van der Waals surface area contributed by atoms with Crippen LogP contribution in [0.15, 0.2) is 12.2 Å². The maximum Gasteiger partial charge on any atom is 0.161 e. The second-order valence-corrected chi connectivity index (χ2v) is 3.55. The second kappa shape index (κ2) is 8.03. The van der Waals surface area contributed by atoms with Crippen molar-refractivity contribution in [3.8, 4) is 0 Å². The van der Waals surface area contributed by atoms with Gasteiger partial charge in [0.15, 0.2) is 5.78 Å². The SMILES string of the molecule is C=C(C)C(=O)[CH]CCCCCCC. The highest BCUT2D eigenvalue weighted by Gasteiger charge is 2.01. The third kappa shape index (κ3) is 7.76. The number of rotatable bonds is 8. The third-order valence-corrected chi connectivity index (χ3v) is 2.06. The zero-order valence-electron chi connectivity index (χ0n) is 8.94. The van der Waals surface area contributed by atoms with Gasteiger partial charge in [-0.2, -0.15) is 0 Å². The monoisotopic (exact) mass is 181 g/mol. The van der Waals surface area contributed by atoms with Gasteiger partial charge >= 0.3 is 0 Å². The van der Waals surface area contributed by atoms with Gasteiger partial charge in [-0.15, -0.1) is 0 Å². The van der Waals surface area contributed by atoms with Crippen LogP contribution in [0.2, 0.25) is 0 Å². The van der Waals surface area contributed by atoms with Gasteiger partial charge in [-0.3, -0.25) is 4.79 Å². The molecule has 0 amide bonds. The van der Waals surface area contributed by atoms with E-state index in [1.54, 1.807) is 13.3 Å². The second-order valence-electron chi connectivity index (χ2n) is 3.55. The molecule has 13 heavy (non-hydrogen) atoms. The lowest BCUT2D eigenvalue weighted by atomic mass is 10.1. The van der Waals surface area contributed by atoms with Crippen LogP contribution in [-0.4, -0.2) is 5.78 Å². The summed E-state index contributed by atoms with van der Waals surface area (Å²) >= 11 is 0. The van der Waals surface area contributed by atoms with E-state index in [0.29, 0.717) is 5.57 Å². The smallest absolute Gasteiger partial charge is 0.161 e. The summed E-state index contributed by atoms with van der Waals surface area (Å²) < 4.78 is 0. The summed E-state index contributed by atoms with van der Waals surface area (Å²) in [7, 11) is 0. The van der Waals surface area contributed by atoms with E-state index in [4.69, 9.17) is 0 Å². The molecular formula is C12H21O. The van der Waals surface area contributed by atoms with Crippen molar-refractivity contribution in [3.63, 3.8) is 0 Å². The van der Waals surface area contributed by atoms with E-state index in [-0.39, 0.29) is 5.78 Å². The molecule has 75 valence electrons. The molecule has 0 aliphatic heterocycles. The highest BCUT2D eigenvalue weighted by molar-refractivity contribution is 6.00. The highest BCUT2D eigenvalue weighted by Crippen LogP contribution is 2.07. The zero-order chi connectivity index (χ0) is 10.1. The van der Waals surface area contributed by atoms with Crippen LogP contribution in [0.5, 0.6) is 0 Å². The third-order valence-electron chi connectivity index (χ3n) is 2.06. The molecule has 0 aromatic heterocycles. The Bertz CT molecular complexity index is 159. The first-order chi connectivity index (χ1) is 6.18. The molecule has 1 heteroatoms. The van der Waals surface area contributed by atoms with Crippen LogP contribution in [0, 0.1) is 6.42 Å². The standard InChI is InChI=1S/C12H21O/c1-4-5-6-7-8-9-10-12(13)11(2)3/h10H,2,4-9H2,1,3H3. The van der Waals surface area contributed by atoms with Gasteiger partial charge in [0.05, 0.1) is 0 Å². The number of hydrogen-bond donors (Lipinski definition) is 0. The van der Waals surface area contributed by atoms with Crippen LogP contribution in [0.4, 0.5) is 0 Å². The molecule has 0 saturated heterocycles. The van der Waals surface area contributed by atoms with E-state index in [9.17, 15) is 4.79 Å². The summed E-state index contributed by atoms with van der Waals surface area (Å²) in [5.74, 6) is 0.107. The fourth-order valence-electron chi connectivity index (χ4n) is 1.16. The molecule has 0 N–H and O–H groups in total. The lowest BCUT2D eigenvalue weighted by Crippen LogP contribution is -1.98. The lowest BCUT2D eigenvalue weighted by Gasteiger charge is -1.99. The highest BCUT2D eigenvalue weighted by atomic mass is 16.1. The van der Waals surface area contributed by atoms with Crippen molar-refractivity contribution in [3.05, 3.63) is 18.6 Å². The first kappa shape index (κ1) is 12.4. The predicted molar refractivity (Wildman–Crippen MR) is 57.5 cm³/mol. The molecule has 0 bridgehead atoms. The van der Waals surface area contributed by atoms with Crippen molar-refractivity contribution >= 4 is 5.78 Å². The molecule has 1 nitrogen and oxygen atoms in total. The number of hydrogen-bond acceptors (Lipinski definition) is 1. The minimum atomic E-state index is 0.107. The van der Waals surface area contributed by atoms with Gasteiger partial charge in [-0.1, -0.05) is 45.6 Å². The van der Waals surface area contributed by atoms with Crippen molar-refractivity contribution in [1.29, 1.82) is 0 Å². The molecule has 0 aliphatic rings. The van der Waals surface area contributed by atoms with E-state index >= 15 is 0 Å². The van der Waals surface area contributed by atoms with Crippen LogP contribution in [0.1, 0.15) is 52.4 Å². The Kier molecular flexibility index (Phi) is 7.66. The quantitative estimate of drug-likeness (QED) is 0.412. The van der Waals surface area contributed by atoms with Crippen LogP contribution in [0.3, 0.4) is 0 Å². The Balaban J connectivity index is 3.16. The van der Waals surface area contributed by atoms with E-state index < -0.39 is 0 Å². The molecule has 0 heterocycles. The number of unbranched alkanes of at least 4 members (excludes halogenated alkanes) is 5. The Morgan fingerprint density at radius 3 is 2.38 bits per heavy atom. The Hall–Kier alpha value is -0.590. The molecule has 0 aromatic rings. The van der Waals surface area contributed by atoms with Gasteiger partial charge in [0.2, 0.25) is 0 Å². The van der Waals surface area contributed by atoms with E-state index in [1.165, 1.54) is 25.7 Å². The molecule has 0 rings (SSSR count). The molecule has 0 fully saturated rings. The molecule has 0 atom stereocenters. The number of carbonyl (C=O) groups is 1. The fourth-order valence-corrected chi connectivity index (χ4v) is 1.16. The van der Waals surface area contributed by atoms with Crippen molar-refractivity contribution in [1.82, 2.24) is 0 Å². The topological polar surface area (TPSA) is 17.1 Å². The summed E-state index contributed by atoms with van der Waals surface area (Å²) in [5.41, 5.74) is 0.647. The summed E-state index contributed by atoms with van der Waals surface area (Å²) in [5, 5.41) is 0. The summed E-state index contributed by atoms with van der Waals surface area (Å²) in [6.45, 7) is 7.57. The Morgan fingerprint density at radius 1 is 1.23 bits per heavy atom. The Labute approximate surface area is 82.2 Å². The summed E-state index contributed by atoms with van der Waals surface area (Å²) in [4.78, 5) is 11.1. The molecule has 0 saturated carbocycles. The van der Waals surface area contributed by atoms with Crippen molar-refractivity contribution in [2.75, 3.05) is 0 Å². The molecule has 0 aliphatic carbocycles. The van der Waals surface area contributed by atoms with Gasteiger partial charge in [0.25, 0.3) is 0 Å². The normalized spacial score (nSPS) is 10.0. The first-order valence-corrected chi connectivity index (χ1v) is 5.21. The van der Waals surface area contributed by atoms with Crippen molar-refractivity contribution in [2.24, 2.45) is 0 Å². The molecule has 1 radical (unpaired) electrons. The van der Waals surface area contributed by atoms with Gasteiger partial charge in [0, 0.05) is 6.42 Å². The van der Waals surface area contributed by atoms with Crippen LogP contribution in [0.25, 0.3) is 0 Å². The van der Waals surface area contributed by atoms with Crippen LogP contribution >= 0.6 is 0 Å². The van der Waals surface area contributed by atoms with Gasteiger partial charge in [-0.25, -0.2) is 0 Å². The van der Waals surface area contributed by atoms with Gasteiger partial charge in [-0.05, 0) is 18.9 Å². The minimum Gasteiger partial charge on any atom is -0.294 e.